The van der Waals surface area contributed by atoms with Crippen LogP contribution in [0.5, 0.6) is 0 Å². The quantitative estimate of drug-likeness (QED) is 0.347. The molecule has 4 rings (SSSR count). The van der Waals surface area contributed by atoms with Gasteiger partial charge in [0.2, 0.25) is 10.0 Å². The lowest BCUT2D eigenvalue weighted by Gasteiger charge is -2.13. The molecular formula is C22H16Cl2FN3O2S. The predicted molar refractivity (Wildman–Crippen MR) is 125 cm³/mol. The maximum absolute atomic E-state index is 13.5. The summed E-state index contributed by atoms with van der Waals surface area (Å²) >= 11 is 12.0. The lowest BCUT2D eigenvalue weighted by atomic mass is 10.0. The van der Waals surface area contributed by atoms with E-state index in [-0.39, 0.29) is 5.02 Å². The number of hydrogen-bond acceptors (Lipinski definition) is 4. The van der Waals surface area contributed by atoms with Gasteiger partial charge in [-0.3, -0.25) is 9.71 Å². The second kappa shape index (κ2) is 8.34. The van der Waals surface area contributed by atoms with Crippen LogP contribution in [0.1, 0.15) is 0 Å². The Hall–Kier alpha value is -2.87. The number of sulfonamides is 1. The molecule has 0 bridgehead atoms. The molecule has 0 spiro atoms. The highest BCUT2D eigenvalue weighted by atomic mass is 35.5. The van der Waals surface area contributed by atoms with Crippen molar-refractivity contribution < 1.29 is 12.8 Å². The fourth-order valence-corrected chi connectivity index (χ4v) is 4.12. The average Bonchev–Trinajstić information content (AvgIpc) is 2.71. The van der Waals surface area contributed by atoms with Gasteiger partial charge in [-0.05, 0) is 59.7 Å². The summed E-state index contributed by atoms with van der Waals surface area (Å²) < 4.78 is 39.1. The molecule has 0 aliphatic heterocycles. The molecule has 2 N–H and O–H groups in total. The molecule has 0 radical (unpaired) electrons. The molecule has 0 atom stereocenters. The summed E-state index contributed by atoms with van der Waals surface area (Å²) in [5.41, 5.74) is 4.07. The number of pyridine rings is 1. The van der Waals surface area contributed by atoms with Gasteiger partial charge in [-0.2, -0.15) is 0 Å². The van der Waals surface area contributed by atoms with Gasteiger partial charge in [-0.1, -0.05) is 35.3 Å². The van der Waals surface area contributed by atoms with Gasteiger partial charge in [0.25, 0.3) is 0 Å². The van der Waals surface area contributed by atoms with E-state index in [1.807, 2.05) is 24.3 Å². The highest BCUT2D eigenvalue weighted by Crippen LogP contribution is 2.33. The fourth-order valence-electron chi connectivity index (χ4n) is 3.15. The molecule has 0 aliphatic rings. The number of halogens is 3. The number of benzene rings is 3. The first-order valence-corrected chi connectivity index (χ1v) is 11.7. The number of anilines is 3. The van der Waals surface area contributed by atoms with Crippen LogP contribution in [0.25, 0.3) is 22.0 Å². The Balaban J connectivity index is 1.76. The average molecular weight is 476 g/mol. The first-order valence-electron chi connectivity index (χ1n) is 9.08. The van der Waals surface area contributed by atoms with E-state index in [0.717, 1.165) is 34.0 Å². The van der Waals surface area contributed by atoms with Crippen LogP contribution in [0.2, 0.25) is 10.0 Å². The Labute approximate surface area is 188 Å². The summed E-state index contributed by atoms with van der Waals surface area (Å²) in [6.07, 6.45) is 2.74. The largest absolute Gasteiger partial charge is 0.355 e. The Morgan fingerprint density at radius 3 is 2.35 bits per heavy atom. The molecule has 0 saturated heterocycles. The highest BCUT2D eigenvalue weighted by Gasteiger charge is 2.11. The number of hydrogen-bond donors (Lipinski definition) is 2. The number of fused-ring (bicyclic) bond motifs is 1. The van der Waals surface area contributed by atoms with E-state index < -0.39 is 15.8 Å². The van der Waals surface area contributed by atoms with Crippen LogP contribution in [0, 0.1) is 5.82 Å². The molecule has 1 aromatic heterocycles. The summed E-state index contributed by atoms with van der Waals surface area (Å²) in [6.45, 7) is 0. The molecule has 3 aromatic carbocycles. The minimum Gasteiger partial charge on any atom is -0.355 e. The molecule has 0 saturated carbocycles. The minimum absolute atomic E-state index is 0.0242. The molecule has 0 aliphatic carbocycles. The molecule has 0 fully saturated rings. The molecule has 5 nitrogen and oxygen atoms in total. The molecule has 1 heterocycles. The maximum atomic E-state index is 13.5. The lowest BCUT2D eigenvalue weighted by Crippen LogP contribution is -2.09. The number of nitrogens with one attached hydrogen (secondary N) is 2. The van der Waals surface area contributed by atoms with Crippen molar-refractivity contribution in [2.45, 2.75) is 0 Å². The second-order valence-corrected chi connectivity index (χ2v) is 9.48. The normalized spacial score (nSPS) is 11.5. The van der Waals surface area contributed by atoms with E-state index in [2.05, 4.69) is 15.0 Å². The molecule has 31 heavy (non-hydrogen) atoms. The van der Waals surface area contributed by atoms with Crippen LogP contribution < -0.4 is 10.0 Å². The van der Waals surface area contributed by atoms with Crippen molar-refractivity contribution >= 4 is 61.2 Å². The topological polar surface area (TPSA) is 71.1 Å². The van der Waals surface area contributed by atoms with Crippen LogP contribution in [0.15, 0.2) is 66.9 Å². The SMILES string of the molecule is CS(=O)(=O)Nc1cc(-c2ccc3nccc(Nc4ccc(F)c(Cl)c4)c3c2)ccc1Cl. The minimum atomic E-state index is -3.47. The van der Waals surface area contributed by atoms with Crippen LogP contribution >= 0.6 is 23.2 Å². The molecule has 158 valence electrons. The van der Waals surface area contributed by atoms with E-state index in [1.54, 1.807) is 30.5 Å². The summed E-state index contributed by atoms with van der Waals surface area (Å²) in [5.74, 6) is -0.490. The first kappa shape index (κ1) is 21.4. The molecular weight excluding hydrogens is 460 g/mol. The maximum Gasteiger partial charge on any atom is 0.229 e. The van der Waals surface area contributed by atoms with Crippen molar-refractivity contribution in [1.82, 2.24) is 4.98 Å². The molecule has 9 heteroatoms. The van der Waals surface area contributed by atoms with Gasteiger partial charge in [0, 0.05) is 23.0 Å². The number of nitrogens with zero attached hydrogens (tertiary/aromatic N) is 1. The standard InChI is InChI=1S/C22H16Cl2FN3O2S/c1-31(29,30)28-22-11-14(2-5-17(22)23)13-3-7-20-16(10-13)21(8-9-26-20)27-15-4-6-19(25)18(24)12-15/h2-12,28H,1H3,(H,26,27). The molecule has 4 aromatic rings. The lowest BCUT2D eigenvalue weighted by molar-refractivity contribution is 0.607. The van der Waals surface area contributed by atoms with Crippen molar-refractivity contribution in [3.05, 3.63) is 82.7 Å². The monoisotopic (exact) mass is 475 g/mol. The van der Waals surface area contributed by atoms with E-state index in [1.165, 1.54) is 12.1 Å². The van der Waals surface area contributed by atoms with Crippen LogP contribution in [-0.4, -0.2) is 19.7 Å². The van der Waals surface area contributed by atoms with Crippen molar-refractivity contribution in [3.8, 4) is 11.1 Å². The zero-order valence-corrected chi connectivity index (χ0v) is 18.5. The van der Waals surface area contributed by atoms with Crippen molar-refractivity contribution in [2.75, 3.05) is 16.3 Å². The second-order valence-electron chi connectivity index (χ2n) is 6.91. The van der Waals surface area contributed by atoms with Crippen LogP contribution in [0.3, 0.4) is 0 Å². The summed E-state index contributed by atoms with van der Waals surface area (Å²) in [7, 11) is -3.47. The predicted octanol–water partition coefficient (Wildman–Crippen LogP) is 6.46. The number of rotatable bonds is 5. The summed E-state index contributed by atoms with van der Waals surface area (Å²) in [5, 5.41) is 4.39. The van der Waals surface area contributed by atoms with E-state index in [0.29, 0.717) is 16.4 Å². The summed E-state index contributed by atoms with van der Waals surface area (Å²) in [4.78, 5) is 4.39. The van der Waals surface area contributed by atoms with Gasteiger partial charge in [-0.25, -0.2) is 12.8 Å². The Morgan fingerprint density at radius 2 is 1.61 bits per heavy atom. The molecule has 0 unspecified atom stereocenters. The third-order valence-electron chi connectivity index (χ3n) is 4.54. The highest BCUT2D eigenvalue weighted by molar-refractivity contribution is 7.92. The van der Waals surface area contributed by atoms with Gasteiger partial charge in [0.15, 0.2) is 0 Å². The zero-order chi connectivity index (χ0) is 22.2. The van der Waals surface area contributed by atoms with Gasteiger partial charge in [-0.15, -0.1) is 0 Å². The molecule has 0 amide bonds. The van der Waals surface area contributed by atoms with Crippen molar-refractivity contribution in [3.63, 3.8) is 0 Å². The first-order chi connectivity index (χ1) is 14.7. The summed E-state index contributed by atoms with van der Waals surface area (Å²) in [6, 6.07) is 17.0. The van der Waals surface area contributed by atoms with Gasteiger partial charge < -0.3 is 5.32 Å². The third kappa shape index (κ3) is 4.90. The van der Waals surface area contributed by atoms with Crippen molar-refractivity contribution in [2.24, 2.45) is 0 Å². The van der Waals surface area contributed by atoms with Gasteiger partial charge in [0.05, 0.1) is 27.5 Å². The zero-order valence-electron chi connectivity index (χ0n) is 16.2. The fraction of sp³-hybridized carbons (Fsp3) is 0.0455. The van der Waals surface area contributed by atoms with Crippen LogP contribution in [0.4, 0.5) is 21.5 Å². The smallest absolute Gasteiger partial charge is 0.229 e. The number of aromatic nitrogens is 1. The van der Waals surface area contributed by atoms with Gasteiger partial charge in [0.1, 0.15) is 5.82 Å². The Bertz CT molecular complexity index is 1410. The van der Waals surface area contributed by atoms with E-state index >= 15 is 0 Å². The third-order valence-corrected chi connectivity index (χ3v) is 5.75. The van der Waals surface area contributed by atoms with Crippen molar-refractivity contribution in [1.29, 1.82) is 0 Å². The van der Waals surface area contributed by atoms with Gasteiger partial charge >= 0.3 is 0 Å². The van der Waals surface area contributed by atoms with E-state index in [4.69, 9.17) is 23.2 Å². The van der Waals surface area contributed by atoms with E-state index in [9.17, 15) is 12.8 Å². The van der Waals surface area contributed by atoms with Crippen LogP contribution in [-0.2, 0) is 10.0 Å². The Kier molecular flexibility index (Phi) is 5.75. The Morgan fingerprint density at radius 1 is 0.871 bits per heavy atom.